The van der Waals surface area contributed by atoms with Gasteiger partial charge in [0, 0.05) is 17.7 Å². The van der Waals surface area contributed by atoms with Crippen LogP contribution in [0.3, 0.4) is 0 Å². The number of hydrogen-bond donors (Lipinski definition) is 1. The highest BCUT2D eigenvalue weighted by Gasteiger charge is 2.32. The molecular weight excluding hydrogens is 182 g/mol. The van der Waals surface area contributed by atoms with Crippen molar-refractivity contribution in [1.29, 1.82) is 0 Å². The molecule has 1 N–H and O–H groups in total. The largest absolute Gasteiger partial charge is 0.393 e. The maximum absolute atomic E-state index is 11.5. The van der Waals surface area contributed by atoms with Crippen LogP contribution in [0.1, 0.15) is 27.2 Å². The van der Waals surface area contributed by atoms with Crippen LogP contribution in [-0.2, 0) is 9.59 Å². The van der Waals surface area contributed by atoms with Crippen molar-refractivity contribution in [3.8, 4) is 0 Å². The summed E-state index contributed by atoms with van der Waals surface area (Å²) in [4.78, 5) is 24.2. The molecule has 1 aliphatic rings. The first kappa shape index (κ1) is 10.9. The first-order valence-corrected chi connectivity index (χ1v) is 4.67. The molecule has 1 rings (SSSR count). The molecule has 78 valence electrons. The zero-order valence-electron chi connectivity index (χ0n) is 8.70. The minimum absolute atomic E-state index is 0.229. The summed E-state index contributed by atoms with van der Waals surface area (Å²) < 4.78 is 0. The van der Waals surface area contributed by atoms with E-state index in [9.17, 15) is 9.59 Å². The molecule has 4 heteroatoms. The van der Waals surface area contributed by atoms with E-state index in [0.717, 1.165) is 0 Å². The average Bonchev–Trinajstić information content (AvgIpc) is 2.29. The van der Waals surface area contributed by atoms with E-state index < -0.39 is 6.10 Å². The highest BCUT2D eigenvalue weighted by atomic mass is 16.3. The Labute approximate surface area is 83.2 Å². The topological polar surface area (TPSA) is 57.6 Å². The Hall–Kier alpha value is -1.16. The van der Waals surface area contributed by atoms with E-state index >= 15 is 0 Å². The number of imide groups is 1. The van der Waals surface area contributed by atoms with E-state index in [4.69, 9.17) is 5.11 Å². The van der Waals surface area contributed by atoms with Gasteiger partial charge in [0.15, 0.2) is 0 Å². The number of carbonyl (C=O) groups excluding carboxylic acids is 2. The van der Waals surface area contributed by atoms with Gasteiger partial charge >= 0.3 is 0 Å². The number of nitrogens with zero attached hydrogens (tertiary/aromatic N) is 1. The van der Waals surface area contributed by atoms with Gasteiger partial charge in [-0.05, 0) is 27.2 Å². The molecule has 0 bridgehead atoms. The Balaban J connectivity index is 2.68. The van der Waals surface area contributed by atoms with Crippen molar-refractivity contribution in [3.05, 3.63) is 11.1 Å². The van der Waals surface area contributed by atoms with Crippen molar-refractivity contribution in [3.63, 3.8) is 0 Å². The van der Waals surface area contributed by atoms with Crippen LogP contribution in [-0.4, -0.2) is 34.5 Å². The van der Waals surface area contributed by atoms with Gasteiger partial charge in [-0.3, -0.25) is 14.5 Å². The SMILES string of the molecule is CC1=C(C)C(=O)N(CCC(C)O)C1=O. The second kappa shape index (κ2) is 3.92. The predicted molar refractivity (Wildman–Crippen MR) is 51.4 cm³/mol. The highest BCUT2D eigenvalue weighted by Crippen LogP contribution is 2.19. The summed E-state index contributed by atoms with van der Waals surface area (Å²) in [5.41, 5.74) is 1.03. The van der Waals surface area contributed by atoms with Crippen LogP contribution < -0.4 is 0 Å². The van der Waals surface area contributed by atoms with Crippen molar-refractivity contribution in [2.24, 2.45) is 0 Å². The number of aliphatic hydroxyl groups is 1. The molecule has 1 atom stereocenters. The standard InChI is InChI=1S/C10H15NO3/c1-6(12)4-5-11-9(13)7(2)8(3)10(11)14/h6,12H,4-5H2,1-3H3. The zero-order chi connectivity index (χ0) is 10.9. The molecule has 1 unspecified atom stereocenters. The minimum atomic E-state index is -0.489. The first-order valence-electron chi connectivity index (χ1n) is 4.67. The lowest BCUT2D eigenvalue weighted by atomic mass is 10.2. The number of carbonyl (C=O) groups is 2. The summed E-state index contributed by atoms with van der Waals surface area (Å²) in [5.74, 6) is -0.457. The molecule has 1 aliphatic heterocycles. The van der Waals surface area contributed by atoms with E-state index in [1.165, 1.54) is 4.90 Å². The summed E-state index contributed by atoms with van der Waals surface area (Å²) in [5, 5.41) is 9.05. The minimum Gasteiger partial charge on any atom is -0.393 e. The van der Waals surface area contributed by atoms with Gasteiger partial charge in [-0.1, -0.05) is 0 Å². The molecule has 0 saturated carbocycles. The number of aliphatic hydroxyl groups excluding tert-OH is 1. The Morgan fingerprint density at radius 1 is 1.21 bits per heavy atom. The normalized spacial score (nSPS) is 19.6. The lowest BCUT2D eigenvalue weighted by molar-refractivity contribution is -0.137. The molecule has 0 aromatic heterocycles. The molecule has 0 aromatic carbocycles. The number of amides is 2. The van der Waals surface area contributed by atoms with E-state index in [1.807, 2.05) is 0 Å². The monoisotopic (exact) mass is 197 g/mol. The van der Waals surface area contributed by atoms with Crippen LogP contribution in [0, 0.1) is 0 Å². The smallest absolute Gasteiger partial charge is 0.256 e. The van der Waals surface area contributed by atoms with Gasteiger partial charge < -0.3 is 5.11 Å². The predicted octanol–water partition coefficient (Wildman–Crippen LogP) is 0.462. The van der Waals surface area contributed by atoms with Gasteiger partial charge in [-0.2, -0.15) is 0 Å². The zero-order valence-corrected chi connectivity index (χ0v) is 8.70. The lowest BCUT2D eigenvalue weighted by Crippen LogP contribution is -2.33. The maximum Gasteiger partial charge on any atom is 0.256 e. The number of rotatable bonds is 3. The third-order valence-electron chi connectivity index (χ3n) is 2.46. The Kier molecular flexibility index (Phi) is 3.06. The fraction of sp³-hybridized carbons (Fsp3) is 0.600. The summed E-state index contributed by atoms with van der Waals surface area (Å²) in [6.45, 7) is 5.23. The van der Waals surface area contributed by atoms with Gasteiger partial charge in [-0.15, -0.1) is 0 Å². The highest BCUT2D eigenvalue weighted by molar-refractivity contribution is 6.18. The quantitative estimate of drug-likeness (QED) is 0.669. The number of hydrogen-bond acceptors (Lipinski definition) is 3. The third-order valence-corrected chi connectivity index (χ3v) is 2.46. The Bertz CT molecular complexity index is 280. The van der Waals surface area contributed by atoms with Gasteiger partial charge in [0.1, 0.15) is 0 Å². The van der Waals surface area contributed by atoms with E-state index in [1.54, 1.807) is 20.8 Å². The summed E-state index contributed by atoms with van der Waals surface area (Å²) in [6, 6.07) is 0. The van der Waals surface area contributed by atoms with Crippen LogP contribution in [0.2, 0.25) is 0 Å². The fourth-order valence-electron chi connectivity index (χ4n) is 1.34. The van der Waals surface area contributed by atoms with Crippen molar-refractivity contribution >= 4 is 11.8 Å². The molecule has 0 saturated heterocycles. The lowest BCUT2D eigenvalue weighted by Gasteiger charge is -2.15. The Morgan fingerprint density at radius 2 is 1.64 bits per heavy atom. The average molecular weight is 197 g/mol. The van der Waals surface area contributed by atoms with Crippen LogP contribution in [0.5, 0.6) is 0 Å². The molecule has 0 spiro atoms. The van der Waals surface area contributed by atoms with Crippen molar-refractivity contribution in [1.82, 2.24) is 4.90 Å². The molecule has 14 heavy (non-hydrogen) atoms. The fourth-order valence-corrected chi connectivity index (χ4v) is 1.34. The van der Waals surface area contributed by atoms with Crippen LogP contribution in [0.4, 0.5) is 0 Å². The molecule has 2 amide bonds. The molecule has 0 radical (unpaired) electrons. The maximum atomic E-state index is 11.5. The molecule has 0 fully saturated rings. The van der Waals surface area contributed by atoms with Crippen molar-refractivity contribution in [2.75, 3.05) is 6.54 Å². The third kappa shape index (κ3) is 1.85. The van der Waals surface area contributed by atoms with Crippen molar-refractivity contribution in [2.45, 2.75) is 33.3 Å². The molecular formula is C10H15NO3. The van der Waals surface area contributed by atoms with E-state index in [2.05, 4.69) is 0 Å². The molecule has 0 aliphatic carbocycles. The molecule has 4 nitrogen and oxygen atoms in total. The summed E-state index contributed by atoms with van der Waals surface area (Å²) >= 11 is 0. The molecule has 1 heterocycles. The van der Waals surface area contributed by atoms with Gasteiger partial charge in [-0.25, -0.2) is 0 Å². The van der Waals surface area contributed by atoms with E-state index in [0.29, 0.717) is 24.1 Å². The Morgan fingerprint density at radius 3 is 2.00 bits per heavy atom. The van der Waals surface area contributed by atoms with E-state index in [-0.39, 0.29) is 11.8 Å². The van der Waals surface area contributed by atoms with Gasteiger partial charge in [0.25, 0.3) is 11.8 Å². The van der Waals surface area contributed by atoms with Crippen LogP contribution >= 0.6 is 0 Å². The summed E-state index contributed by atoms with van der Waals surface area (Å²) in [6.07, 6.45) is -0.0605. The van der Waals surface area contributed by atoms with Crippen molar-refractivity contribution < 1.29 is 14.7 Å². The second-order valence-electron chi connectivity index (χ2n) is 3.65. The summed E-state index contributed by atoms with van der Waals surface area (Å²) in [7, 11) is 0. The molecule has 0 aromatic rings. The van der Waals surface area contributed by atoms with Gasteiger partial charge in [0.2, 0.25) is 0 Å². The second-order valence-corrected chi connectivity index (χ2v) is 3.65. The first-order chi connectivity index (χ1) is 6.45. The van der Waals surface area contributed by atoms with Crippen LogP contribution in [0.15, 0.2) is 11.1 Å². The van der Waals surface area contributed by atoms with Gasteiger partial charge in [0.05, 0.1) is 6.10 Å². The van der Waals surface area contributed by atoms with Crippen LogP contribution in [0.25, 0.3) is 0 Å².